The van der Waals surface area contributed by atoms with Crippen LogP contribution in [-0.4, -0.2) is 24.0 Å². The molecule has 1 atom stereocenters. The van der Waals surface area contributed by atoms with E-state index in [0.717, 1.165) is 40.7 Å². The van der Waals surface area contributed by atoms with Crippen molar-refractivity contribution in [2.75, 3.05) is 13.1 Å². The van der Waals surface area contributed by atoms with E-state index in [4.69, 9.17) is 0 Å². The maximum absolute atomic E-state index is 12.7. The highest BCUT2D eigenvalue weighted by Gasteiger charge is 2.25. The van der Waals surface area contributed by atoms with Crippen molar-refractivity contribution in [2.24, 2.45) is 5.92 Å². The zero-order valence-electron chi connectivity index (χ0n) is 11.5. The summed E-state index contributed by atoms with van der Waals surface area (Å²) in [4.78, 5) is 12.7. The number of hydrogen-bond donors (Lipinski definition) is 2. The lowest BCUT2D eigenvalue weighted by atomic mass is 9.90. The average molecular weight is 346 g/mol. The molecule has 0 saturated carbocycles. The Kier molecular flexibility index (Phi) is 4.08. The highest BCUT2D eigenvalue weighted by Crippen LogP contribution is 2.31. The number of Topliss-reactive ketones (excluding diaryl/α,β-unsaturated/α-hetero) is 1. The molecule has 1 unspecified atom stereocenters. The van der Waals surface area contributed by atoms with Gasteiger partial charge in [0.1, 0.15) is 5.75 Å². The van der Waals surface area contributed by atoms with Gasteiger partial charge >= 0.3 is 0 Å². The minimum absolute atomic E-state index is 0.0481. The second kappa shape index (κ2) is 6.00. The third-order valence-electron chi connectivity index (χ3n) is 3.82. The molecule has 1 aliphatic rings. The van der Waals surface area contributed by atoms with Crippen molar-refractivity contribution in [3.8, 4) is 16.9 Å². The minimum Gasteiger partial charge on any atom is -0.508 e. The molecule has 1 heterocycles. The number of ketones is 1. The summed E-state index contributed by atoms with van der Waals surface area (Å²) in [5, 5.41) is 13.0. The fourth-order valence-electron chi connectivity index (χ4n) is 2.78. The van der Waals surface area contributed by atoms with Gasteiger partial charge in [-0.2, -0.15) is 0 Å². The van der Waals surface area contributed by atoms with Gasteiger partial charge in [-0.15, -0.1) is 0 Å². The largest absolute Gasteiger partial charge is 0.508 e. The summed E-state index contributed by atoms with van der Waals surface area (Å²) in [6.45, 7) is 1.65. The van der Waals surface area contributed by atoms with Crippen molar-refractivity contribution in [1.29, 1.82) is 0 Å². The van der Waals surface area contributed by atoms with Crippen LogP contribution < -0.4 is 5.32 Å². The van der Waals surface area contributed by atoms with Gasteiger partial charge in [0, 0.05) is 22.5 Å². The van der Waals surface area contributed by atoms with Gasteiger partial charge in [0.25, 0.3) is 0 Å². The SMILES string of the molecule is O=C(c1ccccc1-c1cc(O)cc(Br)c1)C1CCNC1. The molecule has 0 aromatic heterocycles. The van der Waals surface area contributed by atoms with Crippen LogP contribution in [0.15, 0.2) is 46.9 Å². The third-order valence-corrected chi connectivity index (χ3v) is 4.28. The Bertz CT molecular complexity index is 658. The van der Waals surface area contributed by atoms with E-state index in [0.29, 0.717) is 0 Å². The molecule has 3 nitrogen and oxygen atoms in total. The molecule has 0 spiro atoms. The topological polar surface area (TPSA) is 49.3 Å². The number of benzene rings is 2. The predicted molar refractivity (Wildman–Crippen MR) is 86.6 cm³/mol. The maximum Gasteiger partial charge on any atom is 0.167 e. The lowest BCUT2D eigenvalue weighted by Crippen LogP contribution is -2.18. The average Bonchev–Trinajstić information content (AvgIpc) is 2.99. The van der Waals surface area contributed by atoms with Crippen LogP contribution in [-0.2, 0) is 0 Å². The van der Waals surface area contributed by atoms with E-state index in [1.54, 1.807) is 12.1 Å². The van der Waals surface area contributed by atoms with Crippen molar-refractivity contribution in [3.63, 3.8) is 0 Å². The molecule has 0 radical (unpaired) electrons. The van der Waals surface area contributed by atoms with Gasteiger partial charge in [-0.3, -0.25) is 4.79 Å². The van der Waals surface area contributed by atoms with Gasteiger partial charge in [0.2, 0.25) is 0 Å². The van der Waals surface area contributed by atoms with Crippen molar-refractivity contribution in [2.45, 2.75) is 6.42 Å². The van der Waals surface area contributed by atoms with E-state index in [2.05, 4.69) is 21.2 Å². The first-order chi connectivity index (χ1) is 10.1. The van der Waals surface area contributed by atoms with Crippen LogP contribution in [0.2, 0.25) is 0 Å². The predicted octanol–water partition coefficient (Wildman–Crippen LogP) is 3.61. The van der Waals surface area contributed by atoms with Crippen LogP contribution >= 0.6 is 15.9 Å². The van der Waals surface area contributed by atoms with Gasteiger partial charge in [0.05, 0.1) is 0 Å². The van der Waals surface area contributed by atoms with Gasteiger partial charge in [-0.05, 0) is 42.3 Å². The number of phenols is 1. The third kappa shape index (κ3) is 3.01. The number of carbonyl (C=O) groups excluding carboxylic acids is 1. The van der Waals surface area contributed by atoms with Crippen LogP contribution in [0.1, 0.15) is 16.8 Å². The van der Waals surface area contributed by atoms with Crippen molar-refractivity contribution >= 4 is 21.7 Å². The highest BCUT2D eigenvalue weighted by atomic mass is 79.9. The normalized spacial score (nSPS) is 17.9. The monoisotopic (exact) mass is 345 g/mol. The molecule has 3 rings (SSSR count). The molecular formula is C17H16BrNO2. The summed E-state index contributed by atoms with van der Waals surface area (Å²) in [7, 11) is 0. The van der Waals surface area contributed by atoms with Crippen molar-refractivity contribution < 1.29 is 9.90 Å². The number of phenolic OH excluding ortho intramolecular Hbond substituents is 1. The highest BCUT2D eigenvalue weighted by molar-refractivity contribution is 9.10. The van der Waals surface area contributed by atoms with Gasteiger partial charge in [0.15, 0.2) is 5.78 Å². The van der Waals surface area contributed by atoms with Crippen molar-refractivity contribution in [1.82, 2.24) is 5.32 Å². The van der Waals surface area contributed by atoms with Crippen LogP contribution in [0.3, 0.4) is 0 Å². The summed E-state index contributed by atoms with van der Waals surface area (Å²) >= 11 is 3.38. The standard InChI is InChI=1S/C17H16BrNO2/c18-13-7-12(8-14(20)9-13)15-3-1-2-4-16(15)17(21)11-5-6-19-10-11/h1-4,7-9,11,19-20H,5-6,10H2. The van der Waals surface area contributed by atoms with E-state index in [9.17, 15) is 9.90 Å². The molecule has 1 saturated heterocycles. The smallest absolute Gasteiger partial charge is 0.167 e. The summed E-state index contributed by atoms with van der Waals surface area (Å²) in [6.07, 6.45) is 0.886. The number of hydrogen-bond acceptors (Lipinski definition) is 3. The van der Waals surface area contributed by atoms with Crippen LogP contribution in [0, 0.1) is 5.92 Å². The van der Waals surface area contributed by atoms with E-state index >= 15 is 0 Å². The van der Waals surface area contributed by atoms with Gasteiger partial charge in [-0.25, -0.2) is 0 Å². The molecule has 21 heavy (non-hydrogen) atoms. The van der Waals surface area contributed by atoms with Gasteiger partial charge in [-0.1, -0.05) is 40.2 Å². The number of rotatable bonds is 3. The Morgan fingerprint density at radius 3 is 2.76 bits per heavy atom. The Balaban J connectivity index is 2.04. The lowest BCUT2D eigenvalue weighted by molar-refractivity contribution is 0.0931. The second-order valence-electron chi connectivity index (χ2n) is 5.30. The molecule has 2 N–H and O–H groups in total. The Morgan fingerprint density at radius 1 is 1.24 bits per heavy atom. The number of nitrogens with one attached hydrogen (secondary N) is 1. The molecule has 0 amide bonds. The minimum atomic E-state index is 0.0481. The fraction of sp³-hybridized carbons (Fsp3) is 0.235. The molecule has 1 aliphatic heterocycles. The Labute approximate surface area is 132 Å². The maximum atomic E-state index is 12.7. The first-order valence-electron chi connectivity index (χ1n) is 6.99. The first-order valence-corrected chi connectivity index (χ1v) is 7.78. The zero-order valence-corrected chi connectivity index (χ0v) is 13.1. The summed E-state index contributed by atoms with van der Waals surface area (Å²) in [6, 6.07) is 12.8. The van der Waals surface area contributed by atoms with E-state index in [1.807, 2.05) is 30.3 Å². The number of halogens is 1. The molecular weight excluding hydrogens is 330 g/mol. The van der Waals surface area contributed by atoms with E-state index in [-0.39, 0.29) is 17.5 Å². The van der Waals surface area contributed by atoms with E-state index in [1.165, 1.54) is 0 Å². The molecule has 1 fully saturated rings. The Morgan fingerprint density at radius 2 is 2.05 bits per heavy atom. The quantitative estimate of drug-likeness (QED) is 0.835. The molecule has 4 heteroatoms. The second-order valence-corrected chi connectivity index (χ2v) is 6.21. The first kappa shape index (κ1) is 14.3. The van der Waals surface area contributed by atoms with E-state index < -0.39 is 0 Å². The summed E-state index contributed by atoms with van der Waals surface area (Å²) in [5.41, 5.74) is 2.44. The summed E-state index contributed by atoms with van der Waals surface area (Å²) in [5.74, 6) is 0.408. The molecule has 108 valence electrons. The number of aromatic hydroxyl groups is 1. The van der Waals surface area contributed by atoms with Crippen LogP contribution in [0.25, 0.3) is 11.1 Å². The van der Waals surface area contributed by atoms with Crippen LogP contribution in [0.5, 0.6) is 5.75 Å². The molecule has 2 aromatic rings. The Hall–Kier alpha value is -1.65. The fourth-order valence-corrected chi connectivity index (χ4v) is 3.26. The number of carbonyl (C=O) groups is 1. The molecule has 0 bridgehead atoms. The lowest BCUT2D eigenvalue weighted by Gasteiger charge is -2.13. The van der Waals surface area contributed by atoms with Crippen molar-refractivity contribution in [3.05, 3.63) is 52.5 Å². The zero-order chi connectivity index (χ0) is 14.8. The van der Waals surface area contributed by atoms with Gasteiger partial charge < -0.3 is 10.4 Å². The molecule has 2 aromatic carbocycles. The molecule has 0 aliphatic carbocycles. The van der Waals surface area contributed by atoms with Crippen LogP contribution in [0.4, 0.5) is 0 Å². The summed E-state index contributed by atoms with van der Waals surface area (Å²) < 4.78 is 0.794.